The molecule has 106 valence electrons. The number of aryl methyl sites for hydroxylation is 2. The van der Waals surface area contributed by atoms with Crippen LogP contribution in [0, 0.1) is 13.8 Å². The summed E-state index contributed by atoms with van der Waals surface area (Å²) in [6.45, 7) is 3.80. The molecule has 0 amide bonds. The van der Waals surface area contributed by atoms with E-state index in [1.165, 1.54) is 12.1 Å². The van der Waals surface area contributed by atoms with Gasteiger partial charge in [-0.15, -0.1) is 0 Å². The molecule has 0 aliphatic carbocycles. The van der Waals surface area contributed by atoms with Gasteiger partial charge in [0.2, 0.25) is 0 Å². The van der Waals surface area contributed by atoms with Gasteiger partial charge in [0, 0.05) is 5.69 Å². The predicted octanol–water partition coefficient (Wildman–Crippen LogP) is 3.51. The van der Waals surface area contributed by atoms with E-state index in [9.17, 15) is 8.42 Å². The maximum Gasteiger partial charge on any atom is 0.184 e. The summed E-state index contributed by atoms with van der Waals surface area (Å²) in [5.41, 5.74) is 8.75. The van der Waals surface area contributed by atoms with Crippen molar-refractivity contribution in [2.45, 2.75) is 24.5 Å². The maximum atomic E-state index is 12.5. The smallest absolute Gasteiger partial charge is 0.184 e. The second kappa shape index (κ2) is 5.46. The molecule has 0 unspecified atom stereocenters. The molecule has 0 aliphatic heterocycles. The zero-order chi connectivity index (χ0) is 14.9. The Morgan fingerprint density at radius 1 is 1.10 bits per heavy atom. The number of sulfone groups is 1. The third-order valence-electron chi connectivity index (χ3n) is 3.27. The molecule has 2 N–H and O–H groups in total. The van der Waals surface area contributed by atoms with Crippen molar-refractivity contribution in [3.8, 4) is 0 Å². The van der Waals surface area contributed by atoms with E-state index in [0.717, 1.165) is 16.7 Å². The summed E-state index contributed by atoms with van der Waals surface area (Å²) in [5, 5.41) is 0.199. The lowest BCUT2D eigenvalue weighted by Crippen LogP contribution is -2.08. The molecule has 0 heterocycles. The fourth-order valence-electron chi connectivity index (χ4n) is 2.10. The van der Waals surface area contributed by atoms with Crippen LogP contribution in [0.15, 0.2) is 41.3 Å². The van der Waals surface area contributed by atoms with Gasteiger partial charge in [-0.3, -0.25) is 0 Å². The normalized spacial score (nSPS) is 11.6. The molecule has 5 heteroatoms. The quantitative estimate of drug-likeness (QED) is 0.883. The van der Waals surface area contributed by atoms with Gasteiger partial charge in [-0.2, -0.15) is 0 Å². The van der Waals surface area contributed by atoms with Crippen molar-refractivity contribution in [2.24, 2.45) is 0 Å². The molecule has 2 rings (SSSR count). The zero-order valence-corrected chi connectivity index (χ0v) is 12.9. The fraction of sp³-hybridized carbons (Fsp3) is 0.200. The lowest BCUT2D eigenvalue weighted by atomic mass is 10.1. The zero-order valence-electron chi connectivity index (χ0n) is 11.4. The number of rotatable bonds is 3. The number of halogens is 1. The van der Waals surface area contributed by atoms with E-state index >= 15 is 0 Å². The van der Waals surface area contributed by atoms with E-state index in [1.807, 2.05) is 32.0 Å². The van der Waals surface area contributed by atoms with Crippen LogP contribution < -0.4 is 5.73 Å². The molecule has 0 atom stereocenters. The third-order valence-corrected chi connectivity index (χ3v) is 5.39. The van der Waals surface area contributed by atoms with Crippen LogP contribution in [0.5, 0.6) is 0 Å². The average Bonchev–Trinajstić information content (AvgIpc) is 2.37. The Hall–Kier alpha value is -1.52. The van der Waals surface area contributed by atoms with Crippen LogP contribution in [-0.4, -0.2) is 8.42 Å². The largest absolute Gasteiger partial charge is 0.399 e. The minimum Gasteiger partial charge on any atom is -0.399 e. The summed E-state index contributed by atoms with van der Waals surface area (Å²) in [6.07, 6.45) is 0. The second-order valence-electron chi connectivity index (χ2n) is 4.82. The molecular weight excluding hydrogens is 294 g/mol. The first-order chi connectivity index (χ1) is 9.31. The highest BCUT2D eigenvalue weighted by atomic mass is 35.5. The Morgan fingerprint density at radius 3 is 2.30 bits per heavy atom. The summed E-state index contributed by atoms with van der Waals surface area (Å²) in [4.78, 5) is 0.0850. The third kappa shape index (κ3) is 2.97. The first-order valence-corrected chi connectivity index (χ1v) is 8.17. The minimum atomic E-state index is -3.52. The van der Waals surface area contributed by atoms with Gasteiger partial charge in [0.1, 0.15) is 0 Å². The first kappa shape index (κ1) is 14.9. The molecule has 0 aromatic heterocycles. The first-order valence-electron chi connectivity index (χ1n) is 6.14. The van der Waals surface area contributed by atoms with Crippen LogP contribution in [0.2, 0.25) is 5.02 Å². The lowest BCUT2D eigenvalue weighted by molar-refractivity contribution is 0.595. The number of anilines is 1. The van der Waals surface area contributed by atoms with E-state index in [0.29, 0.717) is 5.69 Å². The molecule has 0 saturated carbocycles. The van der Waals surface area contributed by atoms with E-state index in [4.69, 9.17) is 17.3 Å². The molecule has 0 bridgehead atoms. The van der Waals surface area contributed by atoms with Crippen molar-refractivity contribution in [2.75, 3.05) is 5.73 Å². The molecule has 3 nitrogen and oxygen atoms in total. The predicted molar refractivity (Wildman–Crippen MR) is 82.7 cm³/mol. The van der Waals surface area contributed by atoms with Gasteiger partial charge < -0.3 is 5.73 Å². The van der Waals surface area contributed by atoms with E-state index in [-0.39, 0.29) is 15.7 Å². The Labute approximate surface area is 124 Å². The number of benzene rings is 2. The molecule has 2 aromatic rings. The fourth-order valence-corrected chi connectivity index (χ4v) is 4.24. The minimum absolute atomic E-state index is 0.0747. The summed E-state index contributed by atoms with van der Waals surface area (Å²) in [7, 11) is -3.52. The lowest BCUT2D eigenvalue weighted by Gasteiger charge is -2.12. The van der Waals surface area contributed by atoms with Gasteiger partial charge in [-0.1, -0.05) is 29.8 Å². The molecule has 0 radical (unpaired) electrons. The summed E-state index contributed by atoms with van der Waals surface area (Å²) < 4.78 is 25.1. The molecule has 0 aliphatic rings. The highest BCUT2D eigenvalue weighted by Crippen LogP contribution is 2.28. The summed E-state index contributed by atoms with van der Waals surface area (Å²) in [5.74, 6) is -0.0747. The van der Waals surface area contributed by atoms with Gasteiger partial charge in [-0.05, 0) is 48.7 Å². The molecular formula is C15H16ClNO2S. The van der Waals surface area contributed by atoms with Crippen LogP contribution in [0.25, 0.3) is 0 Å². The van der Waals surface area contributed by atoms with Crippen molar-refractivity contribution in [1.82, 2.24) is 0 Å². The highest BCUT2D eigenvalue weighted by molar-refractivity contribution is 7.90. The van der Waals surface area contributed by atoms with E-state index in [2.05, 4.69) is 0 Å². The van der Waals surface area contributed by atoms with Crippen LogP contribution >= 0.6 is 11.6 Å². The van der Waals surface area contributed by atoms with Crippen molar-refractivity contribution in [1.29, 1.82) is 0 Å². The van der Waals surface area contributed by atoms with Crippen molar-refractivity contribution >= 4 is 27.1 Å². The summed E-state index contributed by atoms with van der Waals surface area (Å²) >= 11 is 5.99. The highest BCUT2D eigenvalue weighted by Gasteiger charge is 2.21. The average molecular weight is 310 g/mol. The summed E-state index contributed by atoms with van der Waals surface area (Å²) in [6, 6.07) is 10.2. The SMILES string of the molecule is Cc1cccc(C)c1CS(=O)(=O)c1cc(N)ccc1Cl. The van der Waals surface area contributed by atoms with Crippen LogP contribution in [-0.2, 0) is 15.6 Å². The molecule has 0 saturated heterocycles. The Balaban J connectivity index is 2.49. The van der Waals surface area contributed by atoms with Gasteiger partial charge in [-0.25, -0.2) is 8.42 Å². The topological polar surface area (TPSA) is 60.2 Å². The van der Waals surface area contributed by atoms with Gasteiger partial charge >= 0.3 is 0 Å². The Kier molecular flexibility index (Phi) is 4.06. The van der Waals surface area contributed by atoms with Crippen LogP contribution in [0.1, 0.15) is 16.7 Å². The van der Waals surface area contributed by atoms with Crippen molar-refractivity contribution in [3.05, 3.63) is 58.1 Å². The molecule has 0 spiro atoms. The second-order valence-corrected chi connectivity index (χ2v) is 7.18. The Bertz CT molecular complexity index is 734. The van der Waals surface area contributed by atoms with Crippen molar-refractivity contribution < 1.29 is 8.42 Å². The molecule has 0 fully saturated rings. The van der Waals surface area contributed by atoms with Crippen LogP contribution in [0.4, 0.5) is 5.69 Å². The van der Waals surface area contributed by atoms with Gasteiger partial charge in [0.05, 0.1) is 15.7 Å². The van der Waals surface area contributed by atoms with Crippen LogP contribution in [0.3, 0.4) is 0 Å². The van der Waals surface area contributed by atoms with Crippen molar-refractivity contribution in [3.63, 3.8) is 0 Å². The number of hydrogen-bond donors (Lipinski definition) is 1. The monoisotopic (exact) mass is 309 g/mol. The molecule has 2 aromatic carbocycles. The van der Waals surface area contributed by atoms with Gasteiger partial charge in [0.25, 0.3) is 0 Å². The molecule has 20 heavy (non-hydrogen) atoms. The number of nitrogens with two attached hydrogens (primary N) is 1. The van der Waals surface area contributed by atoms with E-state index in [1.54, 1.807) is 6.07 Å². The van der Waals surface area contributed by atoms with E-state index < -0.39 is 9.84 Å². The number of hydrogen-bond acceptors (Lipinski definition) is 3. The van der Waals surface area contributed by atoms with Gasteiger partial charge in [0.15, 0.2) is 9.84 Å². The number of nitrogen functional groups attached to an aromatic ring is 1. The standard InChI is InChI=1S/C15H16ClNO2S/c1-10-4-3-5-11(2)13(10)9-20(18,19)15-8-12(17)6-7-14(15)16/h3-8H,9,17H2,1-2H3. The maximum absolute atomic E-state index is 12.5. The Morgan fingerprint density at radius 2 is 1.70 bits per heavy atom.